The van der Waals surface area contributed by atoms with E-state index in [9.17, 15) is 28.8 Å². The quantitative estimate of drug-likeness (QED) is 0.106. The van der Waals surface area contributed by atoms with Crippen molar-refractivity contribution in [3.05, 3.63) is 83.6 Å². The van der Waals surface area contributed by atoms with Crippen LogP contribution >= 0.6 is 0 Å². The first-order chi connectivity index (χ1) is 26.6. The smallest absolute Gasteiger partial charge is 0.319 e. The number of nitrogens with zero attached hydrogens (tertiary/aromatic N) is 1. The summed E-state index contributed by atoms with van der Waals surface area (Å²) in [5, 5.41) is 13.8. The lowest BCUT2D eigenvalue weighted by Gasteiger charge is -2.22. The highest BCUT2D eigenvalue weighted by molar-refractivity contribution is 5.97. The molecule has 306 valence electrons. The zero-order valence-electron chi connectivity index (χ0n) is 33.9. The summed E-state index contributed by atoms with van der Waals surface area (Å²) in [6.45, 7) is 14.5. The third-order valence-electron chi connectivity index (χ3n) is 8.30. The molecule has 1 aromatic heterocycles. The first-order valence-corrected chi connectivity index (χ1v) is 19.1. The number of carbonyl (C=O) groups is 6. The topological polar surface area (TPSA) is 198 Å². The van der Waals surface area contributed by atoms with Crippen molar-refractivity contribution < 1.29 is 42.8 Å². The number of benzene rings is 2. The number of ether oxygens (including phenoxy) is 2. The van der Waals surface area contributed by atoms with Gasteiger partial charge in [0.15, 0.2) is 5.78 Å². The molecule has 4 amide bonds. The first kappa shape index (κ1) is 46.8. The molecule has 2 heterocycles. The number of nitrogens with one attached hydrogen (secondary N) is 4. The molecule has 0 bridgehead atoms. The summed E-state index contributed by atoms with van der Waals surface area (Å²) in [5.74, 6) is -3.34. The maximum Gasteiger partial charge on any atom is 0.319 e. The van der Waals surface area contributed by atoms with E-state index in [1.807, 2.05) is 45.0 Å². The van der Waals surface area contributed by atoms with Gasteiger partial charge < -0.3 is 35.3 Å². The van der Waals surface area contributed by atoms with Gasteiger partial charge in [-0.15, -0.1) is 0 Å². The first-order valence-electron chi connectivity index (χ1n) is 19.1. The Morgan fingerprint density at radius 2 is 1.39 bits per heavy atom. The zero-order chi connectivity index (χ0) is 41.7. The van der Waals surface area contributed by atoms with Crippen molar-refractivity contribution in [3.63, 3.8) is 0 Å². The third-order valence-corrected chi connectivity index (χ3v) is 8.30. The summed E-state index contributed by atoms with van der Waals surface area (Å²) in [4.78, 5) is 74.2. The van der Waals surface area contributed by atoms with Crippen LogP contribution in [0.1, 0.15) is 84.5 Å². The van der Waals surface area contributed by atoms with Crippen LogP contribution in [-0.2, 0) is 46.3 Å². The lowest BCUT2D eigenvalue weighted by molar-refractivity contribution is -0.139. The zero-order valence-corrected chi connectivity index (χ0v) is 33.9. The highest BCUT2D eigenvalue weighted by atomic mass is 16.7. The lowest BCUT2D eigenvalue weighted by Crippen LogP contribution is -2.53. The second-order valence-corrected chi connectivity index (χ2v) is 14.4. The Morgan fingerprint density at radius 3 is 1.88 bits per heavy atom. The maximum absolute atomic E-state index is 12.7. The molecule has 1 saturated heterocycles. The molecule has 4 rings (SSSR count). The van der Waals surface area contributed by atoms with E-state index in [4.69, 9.17) is 14.0 Å². The number of hydrogen-bond donors (Lipinski definition) is 4. The second-order valence-electron chi connectivity index (χ2n) is 14.4. The molecule has 0 saturated carbocycles. The highest BCUT2D eigenvalue weighted by Gasteiger charge is 2.50. The van der Waals surface area contributed by atoms with Crippen molar-refractivity contribution in [2.75, 3.05) is 19.7 Å². The van der Waals surface area contributed by atoms with Crippen LogP contribution in [0.3, 0.4) is 0 Å². The van der Waals surface area contributed by atoms with E-state index in [1.165, 1.54) is 17.2 Å². The monoisotopic (exact) mass is 777 g/mol. The number of ketones is 1. The number of rotatable bonds is 18. The molecule has 0 spiro atoms. The predicted octanol–water partition coefficient (Wildman–Crippen LogP) is 4.43. The number of aryl methyl sites for hydroxylation is 2. The van der Waals surface area contributed by atoms with Gasteiger partial charge in [0.05, 0.1) is 43.8 Å². The molecule has 1 aliphatic rings. The minimum atomic E-state index is -0.933. The van der Waals surface area contributed by atoms with Crippen LogP contribution in [0.25, 0.3) is 0 Å². The summed E-state index contributed by atoms with van der Waals surface area (Å²) in [6, 6.07) is 20.4. The predicted molar refractivity (Wildman–Crippen MR) is 211 cm³/mol. The SMILES string of the molecule is CCC[C@H](NC(=O)CNC(=O)Cc1cc(OC(=O)C(C)C)on1)C(=O)NCC(=O)N[C@@H](CC(C)C)C(=O)C1(C)CO1.CCc1ccccc1.Cc1ccccc1. The largest absolute Gasteiger partial charge is 0.391 e. The van der Waals surface area contributed by atoms with E-state index in [0.29, 0.717) is 25.9 Å². The van der Waals surface area contributed by atoms with Gasteiger partial charge in [0, 0.05) is 6.07 Å². The van der Waals surface area contributed by atoms with Crippen LogP contribution in [-0.4, -0.2) is 77.9 Å². The van der Waals surface area contributed by atoms with Crippen LogP contribution in [0.15, 0.2) is 71.3 Å². The number of esters is 1. The minimum Gasteiger partial charge on any atom is -0.391 e. The number of amides is 4. The summed E-state index contributed by atoms with van der Waals surface area (Å²) in [6.07, 6.45) is 2.21. The molecule has 4 N–H and O–H groups in total. The van der Waals surface area contributed by atoms with Crippen molar-refractivity contribution in [1.29, 1.82) is 0 Å². The van der Waals surface area contributed by atoms with Gasteiger partial charge in [-0.05, 0) is 44.6 Å². The molecular formula is C42H59N5O9. The summed E-state index contributed by atoms with van der Waals surface area (Å²) < 4.78 is 15.1. The summed E-state index contributed by atoms with van der Waals surface area (Å²) in [5.41, 5.74) is 2.05. The van der Waals surface area contributed by atoms with E-state index in [0.717, 1.165) is 6.42 Å². The number of carbonyl (C=O) groups excluding carboxylic acids is 6. The number of epoxide rings is 1. The Kier molecular flexibility index (Phi) is 20.2. The number of Topliss-reactive ketones (excluding diaryl/α,β-unsaturated/α-hetero) is 1. The molecule has 0 radical (unpaired) electrons. The summed E-state index contributed by atoms with van der Waals surface area (Å²) >= 11 is 0. The standard InChI is InChI=1S/C27H41N5O9.C8H10.C7H8/c1-7-8-18(25(37)29-13-22(35)31-19(9-15(2)3)24(36)27(6)14-39-27)30-21(34)12-28-20(33)10-17-11-23(41-32-17)40-26(38)16(4)5;1-2-8-6-4-3-5-7-8;1-7-5-3-2-4-6-7/h11,15-16,18-19H,7-10,12-14H2,1-6H3,(H,28,33)(H,29,37)(H,30,34)(H,31,35);3-7H,2H2,1H3;2-6H,1H3/t18-,19-,27?;;/m0../s1. The fraction of sp³-hybridized carbons (Fsp3) is 0.500. The van der Waals surface area contributed by atoms with Crippen LogP contribution in [0.5, 0.6) is 5.95 Å². The van der Waals surface area contributed by atoms with Gasteiger partial charge in [-0.3, -0.25) is 28.8 Å². The van der Waals surface area contributed by atoms with Gasteiger partial charge in [-0.1, -0.05) is 119 Å². The highest BCUT2D eigenvalue weighted by Crippen LogP contribution is 2.29. The van der Waals surface area contributed by atoms with Crippen molar-refractivity contribution in [2.24, 2.45) is 11.8 Å². The summed E-state index contributed by atoms with van der Waals surface area (Å²) in [7, 11) is 0. The second kappa shape index (κ2) is 24.2. The molecule has 1 fully saturated rings. The number of hydrogen-bond acceptors (Lipinski definition) is 10. The van der Waals surface area contributed by atoms with E-state index in [2.05, 4.69) is 76.7 Å². The molecule has 3 aromatic rings. The fourth-order valence-electron chi connectivity index (χ4n) is 4.96. The average Bonchev–Trinajstić information content (AvgIpc) is 3.78. The fourth-order valence-corrected chi connectivity index (χ4v) is 4.96. The molecule has 14 heteroatoms. The molecule has 14 nitrogen and oxygen atoms in total. The lowest BCUT2D eigenvalue weighted by atomic mass is 9.93. The van der Waals surface area contributed by atoms with E-state index in [-0.39, 0.29) is 42.2 Å². The normalized spacial score (nSPS) is 15.1. The van der Waals surface area contributed by atoms with Crippen LogP contribution in [0.2, 0.25) is 0 Å². The van der Waals surface area contributed by atoms with Crippen molar-refractivity contribution >= 4 is 35.4 Å². The molecule has 1 unspecified atom stereocenters. The number of aromatic nitrogens is 1. The van der Waals surface area contributed by atoms with Gasteiger partial charge in [0.1, 0.15) is 11.6 Å². The Bertz CT molecular complexity index is 1690. The minimum absolute atomic E-state index is 0.139. The van der Waals surface area contributed by atoms with Crippen LogP contribution < -0.4 is 26.0 Å². The molecule has 1 aliphatic heterocycles. The maximum atomic E-state index is 12.7. The third kappa shape index (κ3) is 18.3. The van der Waals surface area contributed by atoms with Gasteiger partial charge in [0.25, 0.3) is 0 Å². The average molecular weight is 778 g/mol. The van der Waals surface area contributed by atoms with E-state index < -0.39 is 53.8 Å². The van der Waals surface area contributed by atoms with Crippen LogP contribution in [0.4, 0.5) is 0 Å². The van der Waals surface area contributed by atoms with E-state index >= 15 is 0 Å². The van der Waals surface area contributed by atoms with Gasteiger partial charge in [-0.2, -0.15) is 0 Å². The Labute approximate surface area is 330 Å². The molecule has 3 atom stereocenters. The van der Waals surface area contributed by atoms with Gasteiger partial charge >= 0.3 is 11.9 Å². The van der Waals surface area contributed by atoms with Crippen molar-refractivity contribution in [3.8, 4) is 5.95 Å². The van der Waals surface area contributed by atoms with Crippen molar-refractivity contribution in [2.45, 2.75) is 105 Å². The molecule has 0 aliphatic carbocycles. The molecule has 2 aromatic carbocycles. The Balaban J connectivity index is 0.000000591. The Hall–Kier alpha value is -5.37. The van der Waals surface area contributed by atoms with Crippen molar-refractivity contribution in [1.82, 2.24) is 26.4 Å². The van der Waals surface area contributed by atoms with Gasteiger partial charge in [0.2, 0.25) is 23.6 Å². The van der Waals surface area contributed by atoms with Gasteiger partial charge in [-0.25, -0.2) is 0 Å². The van der Waals surface area contributed by atoms with Crippen LogP contribution in [0, 0.1) is 18.8 Å². The molecular weight excluding hydrogens is 718 g/mol. The van der Waals surface area contributed by atoms with E-state index in [1.54, 1.807) is 20.8 Å². The molecule has 56 heavy (non-hydrogen) atoms. The Morgan fingerprint density at radius 1 is 0.821 bits per heavy atom.